The van der Waals surface area contributed by atoms with Crippen molar-refractivity contribution in [1.82, 2.24) is 4.98 Å². The first-order valence-electron chi connectivity index (χ1n) is 5.67. The second kappa shape index (κ2) is 5.75. The van der Waals surface area contributed by atoms with Crippen molar-refractivity contribution in [2.75, 3.05) is 5.32 Å². The summed E-state index contributed by atoms with van der Waals surface area (Å²) in [6, 6.07) is 7.78. The predicted molar refractivity (Wildman–Crippen MR) is 73.6 cm³/mol. The van der Waals surface area contributed by atoms with Gasteiger partial charge in [0, 0.05) is 36.7 Å². The molecule has 0 aliphatic rings. The number of rotatable bonds is 4. The van der Waals surface area contributed by atoms with Gasteiger partial charge in [-0.2, -0.15) is 0 Å². The summed E-state index contributed by atoms with van der Waals surface area (Å²) >= 11 is 1.64. The van der Waals surface area contributed by atoms with Crippen LogP contribution in [0.4, 0.5) is 5.69 Å². The Morgan fingerprint density at radius 1 is 1.39 bits per heavy atom. The van der Waals surface area contributed by atoms with Gasteiger partial charge >= 0.3 is 0 Å². The lowest BCUT2D eigenvalue weighted by Crippen LogP contribution is -2.05. The number of hydrogen-bond donors (Lipinski definition) is 2. The number of nitrogens with zero attached hydrogens (tertiary/aromatic N) is 1. The van der Waals surface area contributed by atoms with Gasteiger partial charge in [0.05, 0.1) is 5.01 Å². The highest BCUT2D eigenvalue weighted by molar-refractivity contribution is 7.11. The maximum absolute atomic E-state index is 10.9. The Labute approximate surface area is 110 Å². The fraction of sp³-hybridized carbons (Fsp3) is 0.231. The van der Waals surface area contributed by atoms with Crippen molar-refractivity contribution >= 4 is 22.9 Å². The van der Waals surface area contributed by atoms with Crippen molar-refractivity contribution in [3.05, 3.63) is 45.9 Å². The Hall–Kier alpha value is -1.72. The molecule has 3 N–H and O–H groups in total. The third-order valence-electron chi connectivity index (χ3n) is 2.43. The van der Waals surface area contributed by atoms with Crippen molar-refractivity contribution in [1.29, 1.82) is 0 Å². The number of thiazole rings is 1. The van der Waals surface area contributed by atoms with E-state index in [-0.39, 0.29) is 5.91 Å². The highest BCUT2D eigenvalue weighted by atomic mass is 32.1. The summed E-state index contributed by atoms with van der Waals surface area (Å²) < 4.78 is 0. The van der Waals surface area contributed by atoms with Crippen LogP contribution >= 0.6 is 11.3 Å². The Bertz CT molecular complexity index is 533. The average molecular weight is 261 g/mol. The van der Waals surface area contributed by atoms with Crippen LogP contribution in [0.3, 0.4) is 0 Å². The van der Waals surface area contributed by atoms with Gasteiger partial charge in [-0.15, -0.1) is 11.3 Å². The van der Waals surface area contributed by atoms with Gasteiger partial charge in [0.1, 0.15) is 0 Å². The molecule has 1 amide bonds. The van der Waals surface area contributed by atoms with Crippen LogP contribution in [-0.2, 0) is 17.8 Å². The molecule has 2 aromatic rings. The molecule has 94 valence electrons. The lowest BCUT2D eigenvalue weighted by atomic mass is 10.1. The second-order valence-electron chi connectivity index (χ2n) is 3.98. The first-order valence-corrected chi connectivity index (χ1v) is 6.49. The molecule has 0 atom stereocenters. The summed E-state index contributed by atoms with van der Waals surface area (Å²) in [5, 5.41) is 3.80. The molecule has 0 saturated heterocycles. The fourth-order valence-electron chi connectivity index (χ4n) is 1.61. The zero-order valence-corrected chi connectivity index (χ0v) is 11.0. The topological polar surface area (TPSA) is 68.0 Å². The summed E-state index contributed by atoms with van der Waals surface area (Å²) in [5.41, 5.74) is 7.53. The molecule has 0 aliphatic carbocycles. The van der Waals surface area contributed by atoms with E-state index in [0.717, 1.165) is 22.0 Å². The van der Waals surface area contributed by atoms with Crippen LogP contribution in [0, 0.1) is 0 Å². The van der Waals surface area contributed by atoms with Crippen LogP contribution in [0.5, 0.6) is 0 Å². The molecule has 0 spiro atoms. The maximum atomic E-state index is 10.9. The highest BCUT2D eigenvalue weighted by Gasteiger charge is 2.03. The molecule has 1 aromatic heterocycles. The average Bonchev–Trinajstić information content (AvgIpc) is 2.79. The van der Waals surface area contributed by atoms with Gasteiger partial charge in [-0.1, -0.05) is 12.1 Å². The van der Waals surface area contributed by atoms with Crippen LogP contribution in [-0.4, -0.2) is 10.9 Å². The van der Waals surface area contributed by atoms with Gasteiger partial charge < -0.3 is 11.1 Å². The molecule has 0 aliphatic heterocycles. The monoisotopic (exact) mass is 261 g/mol. The van der Waals surface area contributed by atoms with Crippen LogP contribution in [0.25, 0.3) is 0 Å². The second-order valence-corrected chi connectivity index (χ2v) is 5.18. The number of nitrogens with one attached hydrogen (secondary N) is 1. The SMILES string of the molecule is CC(=O)Nc1ccc(Cc2ncc(CN)s2)cc1. The summed E-state index contributed by atoms with van der Waals surface area (Å²) in [6.07, 6.45) is 2.62. The Kier molecular flexibility index (Phi) is 4.07. The largest absolute Gasteiger partial charge is 0.326 e. The Morgan fingerprint density at radius 2 is 2.11 bits per heavy atom. The third kappa shape index (κ3) is 3.38. The predicted octanol–water partition coefficient (Wildman–Crippen LogP) is 2.15. The van der Waals surface area contributed by atoms with E-state index in [4.69, 9.17) is 5.73 Å². The molecule has 1 aromatic carbocycles. The highest BCUT2D eigenvalue weighted by Crippen LogP contribution is 2.17. The van der Waals surface area contributed by atoms with Gasteiger partial charge in [0.25, 0.3) is 0 Å². The van der Waals surface area contributed by atoms with Crippen LogP contribution in [0.15, 0.2) is 30.5 Å². The van der Waals surface area contributed by atoms with Crippen molar-refractivity contribution in [2.45, 2.75) is 19.9 Å². The summed E-state index contributed by atoms with van der Waals surface area (Å²) in [6.45, 7) is 2.04. The van der Waals surface area contributed by atoms with Gasteiger partial charge in [0.15, 0.2) is 0 Å². The summed E-state index contributed by atoms with van der Waals surface area (Å²) in [5.74, 6) is -0.0599. The van der Waals surface area contributed by atoms with E-state index in [1.165, 1.54) is 12.5 Å². The molecule has 4 nitrogen and oxygen atoms in total. The number of hydrogen-bond acceptors (Lipinski definition) is 4. The smallest absolute Gasteiger partial charge is 0.221 e. The number of amides is 1. The number of anilines is 1. The number of benzene rings is 1. The van der Waals surface area contributed by atoms with Gasteiger partial charge in [0.2, 0.25) is 5.91 Å². The van der Waals surface area contributed by atoms with Gasteiger partial charge in [-0.05, 0) is 17.7 Å². The van der Waals surface area contributed by atoms with Crippen LogP contribution in [0.1, 0.15) is 22.4 Å². The molecular weight excluding hydrogens is 246 g/mol. The van der Waals surface area contributed by atoms with E-state index >= 15 is 0 Å². The van der Waals surface area contributed by atoms with Crippen molar-refractivity contribution in [2.24, 2.45) is 5.73 Å². The lowest BCUT2D eigenvalue weighted by molar-refractivity contribution is -0.114. The van der Waals surface area contributed by atoms with Crippen molar-refractivity contribution in [3.8, 4) is 0 Å². The van der Waals surface area contributed by atoms with Crippen molar-refractivity contribution in [3.63, 3.8) is 0 Å². The van der Waals surface area contributed by atoms with E-state index < -0.39 is 0 Å². The van der Waals surface area contributed by atoms with Crippen LogP contribution < -0.4 is 11.1 Å². The zero-order valence-electron chi connectivity index (χ0n) is 10.1. The number of nitrogens with two attached hydrogens (primary N) is 1. The first kappa shape index (κ1) is 12.7. The lowest BCUT2D eigenvalue weighted by Gasteiger charge is -2.03. The first-order chi connectivity index (χ1) is 8.67. The molecule has 0 saturated carbocycles. The molecular formula is C13H15N3OS. The normalized spacial score (nSPS) is 10.3. The van der Waals surface area contributed by atoms with Crippen molar-refractivity contribution < 1.29 is 4.79 Å². The standard InChI is InChI=1S/C13H15N3OS/c1-9(17)16-11-4-2-10(3-5-11)6-13-15-8-12(7-14)18-13/h2-5,8H,6-7,14H2,1H3,(H,16,17). The third-order valence-corrected chi connectivity index (χ3v) is 3.45. The number of aromatic nitrogens is 1. The molecule has 1 heterocycles. The van der Waals surface area contributed by atoms with E-state index in [0.29, 0.717) is 6.54 Å². The molecule has 0 bridgehead atoms. The van der Waals surface area contributed by atoms with E-state index in [2.05, 4.69) is 10.3 Å². The maximum Gasteiger partial charge on any atom is 0.221 e. The molecule has 0 fully saturated rings. The van der Waals surface area contributed by atoms with E-state index in [1.807, 2.05) is 30.5 Å². The number of carbonyl (C=O) groups excluding carboxylic acids is 1. The number of carbonyl (C=O) groups is 1. The van der Waals surface area contributed by atoms with Gasteiger partial charge in [-0.3, -0.25) is 4.79 Å². The fourth-order valence-corrected chi connectivity index (χ4v) is 2.44. The summed E-state index contributed by atoms with van der Waals surface area (Å²) in [4.78, 5) is 16.3. The van der Waals surface area contributed by atoms with E-state index in [9.17, 15) is 4.79 Å². The molecule has 18 heavy (non-hydrogen) atoms. The molecule has 2 rings (SSSR count). The summed E-state index contributed by atoms with van der Waals surface area (Å²) in [7, 11) is 0. The van der Waals surface area contributed by atoms with Gasteiger partial charge in [-0.25, -0.2) is 4.98 Å². The molecule has 0 radical (unpaired) electrons. The van der Waals surface area contributed by atoms with Crippen LogP contribution in [0.2, 0.25) is 0 Å². The zero-order chi connectivity index (χ0) is 13.0. The molecule has 5 heteroatoms. The Morgan fingerprint density at radius 3 is 2.67 bits per heavy atom. The molecule has 0 unspecified atom stereocenters. The Balaban J connectivity index is 2.03. The van der Waals surface area contributed by atoms with E-state index in [1.54, 1.807) is 11.3 Å². The minimum absolute atomic E-state index is 0.0599. The minimum atomic E-state index is -0.0599. The minimum Gasteiger partial charge on any atom is -0.326 e. The quantitative estimate of drug-likeness (QED) is 0.886.